The molecule has 0 amide bonds. The molecule has 0 saturated heterocycles. The van der Waals surface area contributed by atoms with E-state index in [1.54, 1.807) is 0 Å². The molecule has 118 valence electrons. The second-order valence-electron chi connectivity index (χ2n) is 7.83. The van der Waals surface area contributed by atoms with E-state index in [0.717, 1.165) is 12.1 Å². The zero-order chi connectivity index (χ0) is 16.6. The first-order valence-corrected chi connectivity index (χ1v) is 8.28. The van der Waals surface area contributed by atoms with Crippen LogP contribution < -0.4 is 0 Å². The van der Waals surface area contributed by atoms with Crippen molar-refractivity contribution < 1.29 is 0 Å². The Labute approximate surface area is 139 Å². The molecule has 2 aromatic carbocycles. The van der Waals surface area contributed by atoms with E-state index < -0.39 is 0 Å². The lowest BCUT2D eigenvalue weighted by Crippen LogP contribution is -2.08. The van der Waals surface area contributed by atoms with Gasteiger partial charge in [-0.2, -0.15) is 0 Å². The van der Waals surface area contributed by atoms with Gasteiger partial charge in [0.1, 0.15) is 0 Å². The van der Waals surface area contributed by atoms with Gasteiger partial charge in [0.05, 0.1) is 5.69 Å². The zero-order valence-corrected chi connectivity index (χ0v) is 14.8. The summed E-state index contributed by atoms with van der Waals surface area (Å²) in [6.07, 6.45) is 3.01. The van der Waals surface area contributed by atoms with Crippen molar-refractivity contribution >= 4 is 10.8 Å². The standard InChI is InChI=1S/C22H25N/c1-15-10-16(2)12-19(11-15)21-20-7-6-17(14-22(3,4)5)13-18(20)8-9-23-21/h6-13H,14H2,1-5H3. The quantitative estimate of drug-likeness (QED) is 0.557. The molecule has 0 aliphatic heterocycles. The molecule has 23 heavy (non-hydrogen) atoms. The first kappa shape index (κ1) is 15.7. The van der Waals surface area contributed by atoms with Crippen LogP contribution in [0.5, 0.6) is 0 Å². The first-order chi connectivity index (χ1) is 10.8. The van der Waals surface area contributed by atoms with Crippen LogP contribution >= 0.6 is 0 Å². The lowest BCUT2D eigenvalue weighted by atomic mass is 9.87. The van der Waals surface area contributed by atoms with Crippen LogP contribution in [0.2, 0.25) is 0 Å². The molecule has 0 atom stereocenters. The molecular weight excluding hydrogens is 278 g/mol. The van der Waals surface area contributed by atoms with Crippen LogP contribution in [0.4, 0.5) is 0 Å². The van der Waals surface area contributed by atoms with Gasteiger partial charge >= 0.3 is 0 Å². The maximum atomic E-state index is 4.66. The van der Waals surface area contributed by atoms with Gasteiger partial charge in [0, 0.05) is 17.1 Å². The molecule has 1 heterocycles. The molecule has 3 aromatic rings. The van der Waals surface area contributed by atoms with Crippen molar-refractivity contribution in [2.45, 2.75) is 41.0 Å². The van der Waals surface area contributed by atoms with Gasteiger partial charge in [0.15, 0.2) is 0 Å². The van der Waals surface area contributed by atoms with E-state index in [1.807, 2.05) is 6.20 Å². The van der Waals surface area contributed by atoms with Crippen molar-refractivity contribution in [1.29, 1.82) is 0 Å². The van der Waals surface area contributed by atoms with Gasteiger partial charge in [0.2, 0.25) is 0 Å². The van der Waals surface area contributed by atoms with Crippen molar-refractivity contribution in [2.75, 3.05) is 0 Å². The summed E-state index contributed by atoms with van der Waals surface area (Å²) in [6.45, 7) is 11.1. The van der Waals surface area contributed by atoms with Gasteiger partial charge in [-0.25, -0.2) is 0 Å². The SMILES string of the molecule is Cc1cc(C)cc(-c2nccc3cc(CC(C)(C)C)ccc23)c1. The Morgan fingerprint density at radius 3 is 2.22 bits per heavy atom. The monoisotopic (exact) mass is 303 g/mol. The molecule has 3 rings (SSSR count). The highest BCUT2D eigenvalue weighted by Crippen LogP contribution is 2.30. The Morgan fingerprint density at radius 2 is 1.57 bits per heavy atom. The van der Waals surface area contributed by atoms with E-state index in [2.05, 4.69) is 82.1 Å². The highest BCUT2D eigenvalue weighted by Gasteiger charge is 2.12. The summed E-state index contributed by atoms with van der Waals surface area (Å²) in [5.41, 5.74) is 6.54. The molecule has 0 N–H and O–H groups in total. The molecular formula is C22H25N. The molecule has 1 nitrogen and oxygen atoms in total. The molecule has 1 heteroatoms. The molecule has 0 spiro atoms. The summed E-state index contributed by atoms with van der Waals surface area (Å²) in [4.78, 5) is 4.66. The summed E-state index contributed by atoms with van der Waals surface area (Å²) < 4.78 is 0. The van der Waals surface area contributed by atoms with E-state index >= 15 is 0 Å². The van der Waals surface area contributed by atoms with E-state index in [1.165, 1.54) is 33.0 Å². The van der Waals surface area contributed by atoms with Crippen molar-refractivity contribution in [3.05, 3.63) is 65.4 Å². The molecule has 0 fully saturated rings. The Hall–Kier alpha value is -2.15. The third-order valence-electron chi connectivity index (χ3n) is 4.06. The fourth-order valence-corrected chi connectivity index (χ4v) is 3.29. The van der Waals surface area contributed by atoms with E-state index in [4.69, 9.17) is 0 Å². The van der Waals surface area contributed by atoms with Crippen LogP contribution in [0, 0.1) is 19.3 Å². The molecule has 0 saturated carbocycles. The number of benzene rings is 2. The maximum Gasteiger partial charge on any atom is 0.0780 e. The molecule has 0 aliphatic rings. The second kappa shape index (κ2) is 5.81. The minimum Gasteiger partial charge on any atom is -0.256 e. The van der Waals surface area contributed by atoms with Gasteiger partial charge in [-0.3, -0.25) is 4.98 Å². The van der Waals surface area contributed by atoms with E-state index in [9.17, 15) is 0 Å². The van der Waals surface area contributed by atoms with Gasteiger partial charge in [-0.15, -0.1) is 0 Å². The topological polar surface area (TPSA) is 12.9 Å². The Kier molecular flexibility index (Phi) is 3.97. The summed E-state index contributed by atoms with van der Waals surface area (Å²) in [5.74, 6) is 0. The predicted octanol–water partition coefficient (Wildman–Crippen LogP) is 6.11. The Balaban J connectivity index is 2.12. The molecule has 0 unspecified atom stereocenters. The number of fused-ring (bicyclic) bond motifs is 1. The van der Waals surface area contributed by atoms with E-state index in [0.29, 0.717) is 5.41 Å². The number of nitrogens with zero attached hydrogens (tertiary/aromatic N) is 1. The third-order valence-corrected chi connectivity index (χ3v) is 4.06. The van der Waals surface area contributed by atoms with Crippen molar-refractivity contribution in [1.82, 2.24) is 4.98 Å². The van der Waals surface area contributed by atoms with Crippen LogP contribution in [0.3, 0.4) is 0 Å². The van der Waals surface area contributed by atoms with E-state index in [-0.39, 0.29) is 0 Å². The average molecular weight is 303 g/mol. The summed E-state index contributed by atoms with van der Waals surface area (Å²) in [6, 6.07) is 15.6. The minimum atomic E-state index is 0.303. The van der Waals surface area contributed by atoms with Crippen LogP contribution in [0.25, 0.3) is 22.0 Å². The third kappa shape index (κ3) is 3.61. The summed E-state index contributed by atoms with van der Waals surface area (Å²) >= 11 is 0. The van der Waals surface area contributed by atoms with Crippen LogP contribution in [0.1, 0.15) is 37.5 Å². The minimum absolute atomic E-state index is 0.303. The largest absolute Gasteiger partial charge is 0.256 e. The zero-order valence-electron chi connectivity index (χ0n) is 14.8. The lowest BCUT2D eigenvalue weighted by molar-refractivity contribution is 0.411. The fourth-order valence-electron chi connectivity index (χ4n) is 3.29. The summed E-state index contributed by atoms with van der Waals surface area (Å²) in [7, 11) is 0. The number of aryl methyl sites for hydroxylation is 2. The van der Waals surface area contributed by atoms with Crippen molar-refractivity contribution in [3.63, 3.8) is 0 Å². The summed E-state index contributed by atoms with van der Waals surface area (Å²) in [5, 5.41) is 2.51. The number of pyridine rings is 1. The smallest absolute Gasteiger partial charge is 0.0780 e. The van der Waals surface area contributed by atoms with Crippen LogP contribution in [-0.4, -0.2) is 4.98 Å². The van der Waals surface area contributed by atoms with Gasteiger partial charge in [0.25, 0.3) is 0 Å². The predicted molar refractivity (Wildman–Crippen MR) is 99.8 cm³/mol. The lowest BCUT2D eigenvalue weighted by Gasteiger charge is -2.18. The van der Waals surface area contributed by atoms with Crippen molar-refractivity contribution in [3.8, 4) is 11.3 Å². The molecule has 1 aromatic heterocycles. The number of hydrogen-bond acceptors (Lipinski definition) is 1. The van der Waals surface area contributed by atoms with Gasteiger partial charge in [-0.05, 0) is 54.8 Å². The average Bonchev–Trinajstić information content (AvgIpc) is 2.43. The molecule has 0 radical (unpaired) electrons. The molecule has 0 bridgehead atoms. The van der Waals surface area contributed by atoms with Crippen LogP contribution in [0.15, 0.2) is 48.7 Å². The normalized spacial score (nSPS) is 11.9. The number of hydrogen-bond donors (Lipinski definition) is 0. The second-order valence-corrected chi connectivity index (χ2v) is 7.83. The first-order valence-electron chi connectivity index (χ1n) is 8.28. The Bertz CT molecular complexity index is 833. The molecule has 0 aliphatic carbocycles. The van der Waals surface area contributed by atoms with Gasteiger partial charge < -0.3 is 0 Å². The fraction of sp³-hybridized carbons (Fsp3) is 0.318. The number of aromatic nitrogens is 1. The number of rotatable bonds is 2. The highest BCUT2D eigenvalue weighted by atomic mass is 14.7. The van der Waals surface area contributed by atoms with Gasteiger partial charge in [-0.1, -0.05) is 56.2 Å². The highest BCUT2D eigenvalue weighted by molar-refractivity contribution is 5.95. The van der Waals surface area contributed by atoms with Crippen LogP contribution in [-0.2, 0) is 6.42 Å². The Morgan fingerprint density at radius 1 is 0.870 bits per heavy atom. The maximum absolute atomic E-state index is 4.66. The van der Waals surface area contributed by atoms with Crippen molar-refractivity contribution in [2.24, 2.45) is 5.41 Å².